The Morgan fingerprint density at radius 1 is 1.41 bits per heavy atom. The second-order valence-corrected chi connectivity index (χ2v) is 5.70. The number of nitrogens with zero attached hydrogens (tertiary/aromatic N) is 1. The molecular weight excluding hydrogens is 220 g/mol. The number of amides is 1. The molecule has 0 saturated carbocycles. The van der Waals surface area contributed by atoms with Crippen LogP contribution in [0, 0.1) is 5.92 Å². The molecule has 0 aromatic rings. The van der Waals surface area contributed by atoms with E-state index in [0.717, 1.165) is 6.42 Å². The van der Waals surface area contributed by atoms with Crippen molar-refractivity contribution in [3.8, 4) is 0 Å². The quantitative estimate of drug-likeness (QED) is 0.793. The molecule has 2 unspecified atom stereocenters. The van der Waals surface area contributed by atoms with Gasteiger partial charge in [-0.3, -0.25) is 0 Å². The maximum Gasteiger partial charge on any atom is 0.410 e. The Morgan fingerprint density at radius 3 is 2.59 bits per heavy atom. The van der Waals surface area contributed by atoms with Crippen LogP contribution in [0.4, 0.5) is 4.79 Å². The fourth-order valence-corrected chi connectivity index (χ4v) is 2.08. The largest absolute Gasteiger partial charge is 0.444 e. The van der Waals surface area contributed by atoms with Crippen molar-refractivity contribution in [3.05, 3.63) is 0 Å². The monoisotopic (exact) mass is 244 g/mol. The van der Waals surface area contributed by atoms with Gasteiger partial charge in [-0.2, -0.15) is 0 Å². The van der Waals surface area contributed by atoms with Crippen LogP contribution in [0.5, 0.6) is 0 Å². The van der Waals surface area contributed by atoms with Crippen LogP contribution in [0.2, 0.25) is 0 Å². The van der Waals surface area contributed by atoms with E-state index in [1.807, 2.05) is 20.8 Å². The molecular formula is C12H24N2O3. The van der Waals surface area contributed by atoms with Gasteiger partial charge in [-0.25, -0.2) is 4.79 Å². The number of piperidine rings is 1. The summed E-state index contributed by atoms with van der Waals surface area (Å²) in [5.41, 5.74) is 5.48. The number of carbonyl (C=O) groups excluding carboxylic acids is 1. The number of hydrogen-bond donors (Lipinski definition) is 1. The minimum atomic E-state index is -0.463. The molecule has 100 valence electrons. The molecule has 17 heavy (non-hydrogen) atoms. The lowest BCUT2D eigenvalue weighted by Gasteiger charge is -2.36. The van der Waals surface area contributed by atoms with Crippen LogP contribution in [0.3, 0.4) is 0 Å². The molecule has 0 bridgehead atoms. The molecule has 1 fully saturated rings. The summed E-state index contributed by atoms with van der Waals surface area (Å²) in [6.45, 7) is 7.45. The second-order valence-electron chi connectivity index (χ2n) is 5.70. The number of carbonyl (C=O) groups is 1. The Labute approximate surface area is 103 Å². The molecule has 1 heterocycles. The zero-order valence-electron chi connectivity index (χ0n) is 11.2. The Hall–Kier alpha value is -0.810. The van der Waals surface area contributed by atoms with Crippen molar-refractivity contribution in [2.24, 2.45) is 11.7 Å². The summed E-state index contributed by atoms with van der Waals surface area (Å²) in [7, 11) is 1.66. The number of likely N-dealkylation sites (tertiary alicyclic amines) is 1. The Kier molecular flexibility index (Phi) is 4.77. The molecule has 0 spiro atoms. The van der Waals surface area contributed by atoms with Gasteiger partial charge < -0.3 is 20.1 Å². The van der Waals surface area contributed by atoms with E-state index in [2.05, 4.69) is 0 Å². The minimum Gasteiger partial charge on any atom is -0.444 e. The van der Waals surface area contributed by atoms with Crippen LogP contribution < -0.4 is 5.73 Å². The summed E-state index contributed by atoms with van der Waals surface area (Å²) in [5, 5.41) is 0. The Balaban J connectivity index is 2.54. The lowest BCUT2D eigenvalue weighted by molar-refractivity contribution is 0.00817. The van der Waals surface area contributed by atoms with Gasteiger partial charge in [0.05, 0.1) is 6.61 Å². The number of ether oxygens (including phenoxy) is 2. The standard InChI is InChI=1S/C12H24N2O3/c1-12(2,3)17-11(15)14-6-9(8-16-4)5-10(13)7-14/h9-10H,5-8,13H2,1-4H3. The van der Waals surface area contributed by atoms with E-state index in [0.29, 0.717) is 25.6 Å². The maximum absolute atomic E-state index is 11.9. The van der Waals surface area contributed by atoms with Crippen molar-refractivity contribution in [1.29, 1.82) is 0 Å². The topological polar surface area (TPSA) is 64.8 Å². The lowest BCUT2D eigenvalue weighted by atomic mass is 9.96. The van der Waals surface area contributed by atoms with Crippen molar-refractivity contribution in [2.45, 2.75) is 38.8 Å². The van der Waals surface area contributed by atoms with Crippen molar-refractivity contribution < 1.29 is 14.3 Å². The minimum absolute atomic E-state index is 0.0106. The second kappa shape index (κ2) is 5.69. The molecule has 0 aromatic carbocycles. The normalized spacial score (nSPS) is 25.8. The molecule has 5 nitrogen and oxygen atoms in total. The molecule has 1 aliphatic rings. The molecule has 0 aromatic heterocycles. The molecule has 2 N–H and O–H groups in total. The van der Waals surface area contributed by atoms with Crippen LogP contribution in [-0.4, -0.2) is 49.4 Å². The highest BCUT2D eigenvalue weighted by Gasteiger charge is 2.30. The van der Waals surface area contributed by atoms with Crippen molar-refractivity contribution in [1.82, 2.24) is 4.90 Å². The summed E-state index contributed by atoms with van der Waals surface area (Å²) in [4.78, 5) is 13.6. The zero-order chi connectivity index (χ0) is 13.1. The third kappa shape index (κ3) is 4.91. The highest BCUT2D eigenvalue weighted by atomic mass is 16.6. The number of nitrogens with two attached hydrogens (primary N) is 1. The maximum atomic E-state index is 11.9. The van der Waals surface area contributed by atoms with Crippen LogP contribution in [0.1, 0.15) is 27.2 Å². The first kappa shape index (κ1) is 14.3. The first-order valence-corrected chi connectivity index (χ1v) is 6.04. The SMILES string of the molecule is COCC1CC(N)CN(C(=O)OC(C)(C)C)C1. The Bertz CT molecular complexity index is 263. The van der Waals surface area contributed by atoms with E-state index in [4.69, 9.17) is 15.2 Å². The van der Waals surface area contributed by atoms with Gasteiger partial charge in [0.15, 0.2) is 0 Å². The lowest BCUT2D eigenvalue weighted by Crippen LogP contribution is -2.51. The van der Waals surface area contributed by atoms with E-state index in [9.17, 15) is 4.79 Å². The van der Waals surface area contributed by atoms with E-state index in [1.54, 1.807) is 12.0 Å². The summed E-state index contributed by atoms with van der Waals surface area (Å²) in [6.07, 6.45) is 0.612. The first-order chi connectivity index (χ1) is 7.81. The van der Waals surface area contributed by atoms with E-state index in [1.165, 1.54) is 0 Å². The van der Waals surface area contributed by atoms with Gasteiger partial charge >= 0.3 is 6.09 Å². The van der Waals surface area contributed by atoms with Gasteiger partial charge in [0.1, 0.15) is 5.60 Å². The molecule has 5 heteroatoms. The number of hydrogen-bond acceptors (Lipinski definition) is 4. The average Bonchev–Trinajstić information content (AvgIpc) is 2.14. The molecule has 0 aliphatic carbocycles. The molecule has 2 atom stereocenters. The van der Waals surface area contributed by atoms with Gasteiger partial charge in [0.2, 0.25) is 0 Å². The smallest absolute Gasteiger partial charge is 0.410 e. The summed E-state index contributed by atoms with van der Waals surface area (Å²) >= 11 is 0. The van der Waals surface area contributed by atoms with Crippen molar-refractivity contribution in [2.75, 3.05) is 26.8 Å². The van der Waals surface area contributed by atoms with Crippen molar-refractivity contribution in [3.63, 3.8) is 0 Å². The van der Waals surface area contributed by atoms with E-state index in [-0.39, 0.29) is 12.1 Å². The fourth-order valence-electron chi connectivity index (χ4n) is 2.08. The van der Waals surface area contributed by atoms with Gasteiger partial charge in [0, 0.05) is 32.2 Å². The molecule has 1 rings (SSSR count). The van der Waals surface area contributed by atoms with Gasteiger partial charge in [-0.1, -0.05) is 0 Å². The molecule has 0 radical (unpaired) electrons. The predicted molar refractivity (Wildman–Crippen MR) is 65.8 cm³/mol. The van der Waals surface area contributed by atoms with Crippen LogP contribution in [-0.2, 0) is 9.47 Å². The van der Waals surface area contributed by atoms with E-state index < -0.39 is 5.60 Å². The Morgan fingerprint density at radius 2 is 2.06 bits per heavy atom. The van der Waals surface area contributed by atoms with Crippen LogP contribution >= 0.6 is 0 Å². The van der Waals surface area contributed by atoms with Crippen LogP contribution in [0.15, 0.2) is 0 Å². The average molecular weight is 244 g/mol. The third-order valence-corrected chi connectivity index (χ3v) is 2.62. The van der Waals surface area contributed by atoms with Gasteiger partial charge in [0.25, 0.3) is 0 Å². The van der Waals surface area contributed by atoms with Gasteiger partial charge in [-0.15, -0.1) is 0 Å². The molecule has 1 aliphatic heterocycles. The highest BCUT2D eigenvalue weighted by molar-refractivity contribution is 5.68. The zero-order valence-corrected chi connectivity index (χ0v) is 11.2. The predicted octanol–water partition coefficient (Wildman–Crippen LogP) is 1.22. The molecule has 1 saturated heterocycles. The highest BCUT2D eigenvalue weighted by Crippen LogP contribution is 2.19. The van der Waals surface area contributed by atoms with Gasteiger partial charge in [-0.05, 0) is 27.2 Å². The van der Waals surface area contributed by atoms with Crippen molar-refractivity contribution >= 4 is 6.09 Å². The van der Waals surface area contributed by atoms with E-state index >= 15 is 0 Å². The fraction of sp³-hybridized carbons (Fsp3) is 0.917. The first-order valence-electron chi connectivity index (χ1n) is 6.04. The van der Waals surface area contributed by atoms with Crippen LogP contribution in [0.25, 0.3) is 0 Å². The number of rotatable bonds is 2. The summed E-state index contributed by atoms with van der Waals surface area (Å²) in [6, 6.07) is 0.0106. The number of methoxy groups -OCH3 is 1. The summed E-state index contributed by atoms with van der Waals surface area (Å²) in [5.74, 6) is 0.302. The third-order valence-electron chi connectivity index (χ3n) is 2.62. The molecule has 1 amide bonds. The summed E-state index contributed by atoms with van der Waals surface area (Å²) < 4.78 is 10.5.